The van der Waals surface area contributed by atoms with E-state index in [0.717, 1.165) is 31.9 Å². The zero-order valence-corrected chi connectivity index (χ0v) is 9.65. The van der Waals surface area contributed by atoms with Crippen molar-refractivity contribution in [1.82, 2.24) is 0 Å². The van der Waals surface area contributed by atoms with Crippen LogP contribution in [0.4, 0.5) is 20.2 Å². The standard InChI is InChI=1S/C13H16F2N2/c14-9-7-10(15)12-11(8-9)17-13(5-6-16-12)3-1-2-4-13/h7-8,16-17H,1-6H2. The molecular weight excluding hydrogens is 222 g/mol. The third kappa shape index (κ3) is 1.85. The maximum atomic E-state index is 13.6. The summed E-state index contributed by atoms with van der Waals surface area (Å²) in [6.07, 6.45) is 5.53. The molecule has 4 heteroatoms. The molecule has 1 aromatic rings. The minimum atomic E-state index is -0.523. The first-order valence-corrected chi connectivity index (χ1v) is 6.20. The Labute approximate surface area is 99.4 Å². The van der Waals surface area contributed by atoms with Gasteiger partial charge in [-0.3, -0.25) is 0 Å². The highest BCUT2D eigenvalue weighted by Gasteiger charge is 2.35. The highest BCUT2D eigenvalue weighted by atomic mass is 19.1. The van der Waals surface area contributed by atoms with Gasteiger partial charge in [0.1, 0.15) is 5.82 Å². The summed E-state index contributed by atoms with van der Waals surface area (Å²) in [6.45, 7) is 0.739. The number of anilines is 2. The van der Waals surface area contributed by atoms with Gasteiger partial charge in [-0.15, -0.1) is 0 Å². The molecule has 17 heavy (non-hydrogen) atoms. The van der Waals surface area contributed by atoms with Crippen molar-refractivity contribution in [3.63, 3.8) is 0 Å². The molecule has 0 bridgehead atoms. The van der Waals surface area contributed by atoms with E-state index in [0.29, 0.717) is 11.4 Å². The van der Waals surface area contributed by atoms with Crippen molar-refractivity contribution >= 4 is 11.4 Å². The molecule has 1 aliphatic carbocycles. The largest absolute Gasteiger partial charge is 0.381 e. The Bertz CT molecular complexity index is 439. The lowest BCUT2D eigenvalue weighted by atomic mass is 9.93. The van der Waals surface area contributed by atoms with Crippen molar-refractivity contribution in [2.75, 3.05) is 17.2 Å². The van der Waals surface area contributed by atoms with Crippen molar-refractivity contribution in [3.05, 3.63) is 23.8 Å². The van der Waals surface area contributed by atoms with E-state index in [1.54, 1.807) is 0 Å². The molecule has 0 aromatic heterocycles. The van der Waals surface area contributed by atoms with Crippen LogP contribution < -0.4 is 10.6 Å². The van der Waals surface area contributed by atoms with E-state index >= 15 is 0 Å². The first-order chi connectivity index (χ1) is 8.19. The number of nitrogens with one attached hydrogen (secondary N) is 2. The molecule has 92 valence electrons. The van der Waals surface area contributed by atoms with Gasteiger partial charge in [-0.2, -0.15) is 0 Å². The lowest BCUT2D eigenvalue weighted by Crippen LogP contribution is -2.35. The van der Waals surface area contributed by atoms with Crippen LogP contribution in [0.1, 0.15) is 32.1 Å². The Morgan fingerprint density at radius 3 is 2.59 bits per heavy atom. The lowest BCUT2D eigenvalue weighted by Gasteiger charge is -2.29. The molecule has 1 saturated carbocycles. The summed E-state index contributed by atoms with van der Waals surface area (Å²) in [6, 6.07) is 2.32. The maximum Gasteiger partial charge on any atom is 0.151 e. The van der Waals surface area contributed by atoms with Crippen LogP contribution >= 0.6 is 0 Å². The highest BCUT2D eigenvalue weighted by Crippen LogP contribution is 2.40. The van der Waals surface area contributed by atoms with E-state index in [1.807, 2.05) is 0 Å². The molecule has 0 unspecified atom stereocenters. The van der Waals surface area contributed by atoms with E-state index in [1.165, 1.54) is 18.9 Å². The summed E-state index contributed by atoms with van der Waals surface area (Å²) >= 11 is 0. The van der Waals surface area contributed by atoms with E-state index in [9.17, 15) is 8.78 Å². The average molecular weight is 238 g/mol. The normalized spacial score (nSPS) is 21.5. The Morgan fingerprint density at radius 1 is 1.06 bits per heavy atom. The Kier molecular flexibility index (Phi) is 2.45. The van der Waals surface area contributed by atoms with Gasteiger partial charge < -0.3 is 10.6 Å². The van der Waals surface area contributed by atoms with Crippen LogP contribution in [0.25, 0.3) is 0 Å². The quantitative estimate of drug-likeness (QED) is 0.722. The van der Waals surface area contributed by atoms with Crippen LogP contribution in [0.2, 0.25) is 0 Å². The first kappa shape index (κ1) is 10.8. The molecule has 2 nitrogen and oxygen atoms in total. The number of benzene rings is 1. The van der Waals surface area contributed by atoms with E-state index in [2.05, 4.69) is 10.6 Å². The van der Waals surface area contributed by atoms with Crippen LogP contribution in [-0.4, -0.2) is 12.1 Å². The molecule has 0 radical (unpaired) electrons. The molecule has 1 heterocycles. The number of hydrogen-bond donors (Lipinski definition) is 2. The van der Waals surface area contributed by atoms with Gasteiger partial charge in [0.05, 0.1) is 11.4 Å². The number of hydrogen-bond acceptors (Lipinski definition) is 2. The number of halogens is 2. The van der Waals surface area contributed by atoms with Gasteiger partial charge >= 0.3 is 0 Å². The van der Waals surface area contributed by atoms with Crippen molar-refractivity contribution in [3.8, 4) is 0 Å². The van der Waals surface area contributed by atoms with Crippen molar-refractivity contribution < 1.29 is 8.78 Å². The monoisotopic (exact) mass is 238 g/mol. The van der Waals surface area contributed by atoms with E-state index in [-0.39, 0.29) is 5.54 Å². The summed E-state index contributed by atoms with van der Waals surface area (Å²) in [7, 11) is 0. The van der Waals surface area contributed by atoms with Gasteiger partial charge in [0.15, 0.2) is 5.82 Å². The summed E-state index contributed by atoms with van der Waals surface area (Å²) in [4.78, 5) is 0. The molecule has 1 aromatic carbocycles. The molecule has 2 N–H and O–H groups in total. The fraction of sp³-hybridized carbons (Fsp3) is 0.538. The molecule has 0 atom stereocenters. The van der Waals surface area contributed by atoms with Gasteiger partial charge in [-0.25, -0.2) is 8.78 Å². The van der Waals surface area contributed by atoms with Crippen molar-refractivity contribution in [1.29, 1.82) is 0 Å². The maximum absolute atomic E-state index is 13.6. The molecule has 1 fully saturated rings. The number of fused-ring (bicyclic) bond motifs is 1. The van der Waals surface area contributed by atoms with Gasteiger partial charge in [-0.05, 0) is 25.3 Å². The van der Waals surface area contributed by atoms with Crippen molar-refractivity contribution in [2.24, 2.45) is 0 Å². The molecule has 1 spiro atoms. The lowest BCUT2D eigenvalue weighted by molar-refractivity contribution is 0.461. The van der Waals surface area contributed by atoms with Crippen LogP contribution in [0.15, 0.2) is 12.1 Å². The van der Waals surface area contributed by atoms with Crippen molar-refractivity contribution in [2.45, 2.75) is 37.6 Å². The Morgan fingerprint density at radius 2 is 1.82 bits per heavy atom. The summed E-state index contributed by atoms with van der Waals surface area (Å²) in [5.41, 5.74) is 1.02. The summed E-state index contributed by atoms with van der Waals surface area (Å²) in [5, 5.41) is 6.44. The molecule has 3 rings (SSSR count). The SMILES string of the molecule is Fc1cc(F)c2c(c1)NC1(CCCC1)CCN2. The first-order valence-electron chi connectivity index (χ1n) is 6.20. The minimum absolute atomic E-state index is 0.0402. The predicted molar refractivity (Wildman–Crippen MR) is 64.3 cm³/mol. The third-order valence-corrected chi connectivity index (χ3v) is 3.92. The molecule has 0 saturated heterocycles. The van der Waals surface area contributed by atoms with Crippen LogP contribution in [0, 0.1) is 11.6 Å². The Hall–Kier alpha value is -1.32. The highest BCUT2D eigenvalue weighted by molar-refractivity contribution is 5.71. The van der Waals surface area contributed by atoms with Gasteiger partial charge in [0.25, 0.3) is 0 Å². The second-order valence-electron chi connectivity index (χ2n) is 5.10. The fourth-order valence-corrected chi connectivity index (χ4v) is 3.05. The topological polar surface area (TPSA) is 24.1 Å². The molecule has 2 aliphatic rings. The summed E-state index contributed by atoms with van der Waals surface area (Å²) in [5.74, 6) is -1.03. The Balaban J connectivity index is 2.01. The molecular formula is C13H16F2N2. The van der Waals surface area contributed by atoms with Crippen LogP contribution in [0.3, 0.4) is 0 Å². The smallest absolute Gasteiger partial charge is 0.151 e. The minimum Gasteiger partial charge on any atom is -0.381 e. The van der Waals surface area contributed by atoms with Crippen LogP contribution in [-0.2, 0) is 0 Å². The average Bonchev–Trinajstić information content (AvgIpc) is 2.61. The molecule has 0 amide bonds. The molecule has 1 aliphatic heterocycles. The number of rotatable bonds is 0. The zero-order valence-electron chi connectivity index (χ0n) is 9.65. The summed E-state index contributed by atoms with van der Waals surface area (Å²) < 4.78 is 26.9. The second-order valence-corrected chi connectivity index (χ2v) is 5.10. The van der Waals surface area contributed by atoms with E-state index in [4.69, 9.17) is 0 Å². The van der Waals surface area contributed by atoms with Gasteiger partial charge in [-0.1, -0.05) is 12.8 Å². The third-order valence-electron chi connectivity index (χ3n) is 3.92. The van der Waals surface area contributed by atoms with Crippen LogP contribution in [0.5, 0.6) is 0 Å². The fourth-order valence-electron chi connectivity index (χ4n) is 3.05. The van der Waals surface area contributed by atoms with Gasteiger partial charge in [0.2, 0.25) is 0 Å². The zero-order chi connectivity index (χ0) is 11.9. The van der Waals surface area contributed by atoms with E-state index < -0.39 is 11.6 Å². The second kappa shape index (κ2) is 3.86. The van der Waals surface area contributed by atoms with Gasteiger partial charge in [0, 0.05) is 18.2 Å². The predicted octanol–water partition coefficient (Wildman–Crippen LogP) is 3.51.